The first-order chi connectivity index (χ1) is 18.5. The second-order valence-corrected chi connectivity index (χ2v) is 9.40. The maximum absolute atomic E-state index is 15.4. The third kappa shape index (κ3) is 6.23. The molecule has 13 heteroatoms. The van der Waals surface area contributed by atoms with Gasteiger partial charge < -0.3 is 15.5 Å². The molecule has 2 heterocycles. The minimum atomic E-state index is -3.98. The summed E-state index contributed by atoms with van der Waals surface area (Å²) in [5.41, 5.74) is -0.900. The molecule has 2 N–H and O–H groups in total. The molecule has 1 aromatic carbocycles. The summed E-state index contributed by atoms with van der Waals surface area (Å²) < 4.78 is 32.3. The van der Waals surface area contributed by atoms with Crippen molar-refractivity contribution in [3.8, 4) is 5.82 Å². The van der Waals surface area contributed by atoms with Crippen LogP contribution in [0.25, 0.3) is 5.82 Å². The highest BCUT2D eigenvalue weighted by molar-refractivity contribution is 9.10. The standard InChI is InChI=1S/C26H24BrClF2N6O3/c1-5-10-35(11-6-2)25(39)26(29,30)16-12-15(3)21(17(13-16)23(37)31-4)33-24(38)19-14-20(27)34-36(19)22-18(28)8-7-9-32-22/h5-9,12-14H,1-2,10-11H2,3-4H3,(H,31,37)(H,33,38). The van der Waals surface area contributed by atoms with Gasteiger partial charge in [0.05, 0.1) is 16.3 Å². The molecule has 0 aliphatic rings. The van der Waals surface area contributed by atoms with Crippen LogP contribution in [0.4, 0.5) is 14.5 Å². The third-order valence-electron chi connectivity index (χ3n) is 5.51. The van der Waals surface area contributed by atoms with Crippen LogP contribution in [0.1, 0.15) is 32.0 Å². The van der Waals surface area contributed by atoms with Crippen LogP contribution in [-0.2, 0) is 10.7 Å². The first kappa shape index (κ1) is 29.7. The number of carbonyl (C=O) groups is 3. The molecule has 3 aromatic rings. The van der Waals surface area contributed by atoms with Crippen LogP contribution in [0.3, 0.4) is 0 Å². The van der Waals surface area contributed by atoms with E-state index in [9.17, 15) is 14.4 Å². The van der Waals surface area contributed by atoms with Gasteiger partial charge in [0.15, 0.2) is 5.82 Å². The Hall–Kier alpha value is -3.90. The lowest BCUT2D eigenvalue weighted by Gasteiger charge is -2.26. The molecule has 0 aliphatic carbocycles. The number of hydrogen-bond acceptors (Lipinski definition) is 5. The van der Waals surface area contributed by atoms with Crippen molar-refractivity contribution in [1.82, 2.24) is 25.0 Å². The van der Waals surface area contributed by atoms with Gasteiger partial charge in [-0.25, -0.2) is 9.67 Å². The molecule has 0 spiro atoms. The summed E-state index contributed by atoms with van der Waals surface area (Å²) in [6, 6.07) is 6.51. The van der Waals surface area contributed by atoms with Gasteiger partial charge in [0.1, 0.15) is 10.3 Å². The second-order valence-electron chi connectivity index (χ2n) is 8.18. The normalized spacial score (nSPS) is 11.0. The lowest BCUT2D eigenvalue weighted by atomic mass is 9.97. The van der Waals surface area contributed by atoms with E-state index < -0.39 is 29.2 Å². The molecular weight excluding hydrogens is 598 g/mol. The van der Waals surface area contributed by atoms with Gasteiger partial charge in [0.25, 0.3) is 17.7 Å². The lowest BCUT2D eigenvalue weighted by molar-refractivity contribution is -0.157. The summed E-state index contributed by atoms with van der Waals surface area (Å²) >= 11 is 9.45. The van der Waals surface area contributed by atoms with E-state index in [0.717, 1.165) is 17.0 Å². The summed E-state index contributed by atoms with van der Waals surface area (Å²) in [6.07, 6.45) is 4.11. The average Bonchev–Trinajstić information content (AvgIpc) is 3.30. The topological polar surface area (TPSA) is 109 Å². The predicted octanol–water partition coefficient (Wildman–Crippen LogP) is 4.90. The molecule has 0 bridgehead atoms. The summed E-state index contributed by atoms with van der Waals surface area (Å²) in [5, 5.41) is 9.41. The fourth-order valence-electron chi connectivity index (χ4n) is 3.71. The largest absolute Gasteiger partial charge is 0.355 e. The van der Waals surface area contributed by atoms with Gasteiger partial charge in [-0.15, -0.1) is 13.2 Å². The molecule has 39 heavy (non-hydrogen) atoms. The van der Waals surface area contributed by atoms with Crippen molar-refractivity contribution in [2.24, 2.45) is 0 Å². The van der Waals surface area contributed by atoms with Crippen LogP contribution in [0.5, 0.6) is 0 Å². The van der Waals surface area contributed by atoms with Crippen LogP contribution in [0.2, 0.25) is 5.02 Å². The Kier molecular flexibility index (Phi) is 9.36. The number of rotatable bonds is 10. The highest BCUT2D eigenvalue weighted by Crippen LogP contribution is 2.35. The molecule has 2 aromatic heterocycles. The molecule has 3 amide bonds. The molecule has 204 valence electrons. The van der Waals surface area contributed by atoms with Crippen molar-refractivity contribution >= 4 is 50.9 Å². The highest BCUT2D eigenvalue weighted by Gasteiger charge is 2.44. The fraction of sp³-hybridized carbons (Fsp3) is 0.192. The van der Waals surface area contributed by atoms with Crippen LogP contribution < -0.4 is 10.6 Å². The zero-order valence-corrected chi connectivity index (χ0v) is 23.3. The molecule has 0 unspecified atom stereocenters. The maximum atomic E-state index is 15.4. The van der Waals surface area contributed by atoms with Crippen molar-refractivity contribution < 1.29 is 23.2 Å². The molecule has 0 atom stereocenters. The van der Waals surface area contributed by atoms with E-state index in [4.69, 9.17) is 11.6 Å². The number of aryl methyl sites for hydroxylation is 1. The van der Waals surface area contributed by atoms with Crippen molar-refractivity contribution in [2.75, 3.05) is 25.5 Å². The quantitative estimate of drug-likeness (QED) is 0.313. The van der Waals surface area contributed by atoms with Crippen molar-refractivity contribution in [2.45, 2.75) is 12.8 Å². The Balaban J connectivity index is 2.07. The van der Waals surface area contributed by atoms with Crippen LogP contribution in [0.15, 0.2) is 66.4 Å². The molecule has 9 nitrogen and oxygen atoms in total. The minimum Gasteiger partial charge on any atom is -0.355 e. The Morgan fingerprint density at radius 3 is 2.44 bits per heavy atom. The van der Waals surface area contributed by atoms with Crippen LogP contribution in [-0.4, -0.2) is 57.5 Å². The number of aromatic nitrogens is 3. The van der Waals surface area contributed by atoms with Gasteiger partial charge >= 0.3 is 5.92 Å². The Labute approximate surface area is 236 Å². The summed E-state index contributed by atoms with van der Waals surface area (Å²) in [7, 11) is 1.31. The maximum Gasteiger partial charge on any atom is 0.350 e. The van der Waals surface area contributed by atoms with E-state index in [-0.39, 0.29) is 46.4 Å². The number of nitrogens with zero attached hydrogens (tertiary/aromatic N) is 4. The van der Waals surface area contributed by atoms with Crippen molar-refractivity contribution in [3.63, 3.8) is 0 Å². The molecule has 0 saturated carbocycles. The van der Waals surface area contributed by atoms with E-state index in [1.807, 2.05) is 0 Å². The zero-order chi connectivity index (χ0) is 28.9. The molecular formula is C26H24BrClF2N6O3. The van der Waals surface area contributed by atoms with Gasteiger partial charge in [-0.2, -0.15) is 13.9 Å². The van der Waals surface area contributed by atoms with Gasteiger partial charge in [-0.1, -0.05) is 23.8 Å². The number of carbonyl (C=O) groups excluding carboxylic acids is 3. The van der Waals surface area contributed by atoms with Crippen LogP contribution in [0, 0.1) is 6.92 Å². The van der Waals surface area contributed by atoms with E-state index >= 15 is 8.78 Å². The van der Waals surface area contributed by atoms with Crippen molar-refractivity contribution in [3.05, 3.63) is 93.8 Å². The summed E-state index contributed by atoms with van der Waals surface area (Å²) in [5.74, 6) is -6.77. The van der Waals surface area contributed by atoms with E-state index in [2.05, 4.69) is 49.8 Å². The minimum absolute atomic E-state index is 0.00110. The number of amides is 3. The number of hydrogen-bond donors (Lipinski definition) is 2. The monoisotopic (exact) mass is 620 g/mol. The van der Waals surface area contributed by atoms with Gasteiger partial charge in [0, 0.05) is 38.0 Å². The van der Waals surface area contributed by atoms with Gasteiger partial charge in [0.2, 0.25) is 0 Å². The Bertz CT molecular complexity index is 1450. The van der Waals surface area contributed by atoms with E-state index in [1.165, 1.54) is 43.1 Å². The first-order valence-electron chi connectivity index (χ1n) is 11.4. The summed E-state index contributed by atoms with van der Waals surface area (Å²) in [6.45, 7) is 8.16. The van der Waals surface area contributed by atoms with Gasteiger partial charge in [-0.05, 0) is 52.7 Å². The van der Waals surface area contributed by atoms with Gasteiger partial charge in [-0.3, -0.25) is 14.4 Å². The number of nitrogens with one attached hydrogen (secondary N) is 2. The number of pyridine rings is 1. The fourth-order valence-corrected chi connectivity index (χ4v) is 4.29. The molecule has 0 radical (unpaired) electrons. The molecule has 0 aliphatic heterocycles. The molecule has 0 saturated heterocycles. The Morgan fingerprint density at radius 1 is 1.18 bits per heavy atom. The van der Waals surface area contributed by atoms with Crippen molar-refractivity contribution in [1.29, 1.82) is 0 Å². The van der Waals surface area contributed by atoms with E-state index in [1.54, 1.807) is 12.1 Å². The Morgan fingerprint density at radius 2 is 1.85 bits per heavy atom. The molecule has 3 rings (SSSR count). The highest BCUT2D eigenvalue weighted by atomic mass is 79.9. The first-order valence-corrected chi connectivity index (χ1v) is 12.6. The summed E-state index contributed by atoms with van der Waals surface area (Å²) in [4.78, 5) is 43.9. The van der Waals surface area contributed by atoms with Crippen LogP contribution >= 0.6 is 27.5 Å². The predicted molar refractivity (Wildman–Crippen MR) is 147 cm³/mol. The molecule has 0 fully saturated rings. The third-order valence-corrected chi connectivity index (χ3v) is 6.20. The van der Waals surface area contributed by atoms with E-state index in [0.29, 0.717) is 4.60 Å². The number of halogens is 4. The number of anilines is 1. The average molecular weight is 622 g/mol. The zero-order valence-electron chi connectivity index (χ0n) is 21.0. The smallest absolute Gasteiger partial charge is 0.350 e. The lowest BCUT2D eigenvalue weighted by Crippen LogP contribution is -2.42. The SMILES string of the molecule is C=CCN(CC=C)C(=O)C(F)(F)c1cc(C)c(NC(=O)c2cc(Br)nn2-c2ncccc2Cl)c(C(=O)NC)c1. The number of alkyl halides is 2. The second kappa shape index (κ2) is 12.3. The number of benzene rings is 1.